The van der Waals surface area contributed by atoms with Crippen LogP contribution in [0.1, 0.15) is 63.4 Å². The lowest BCUT2D eigenvalue weighted by molar-refractivity contribution is -0.139. The first-order valence-electron chi connectivity index (χ1n) is 12.4. The highest BCUT2D eigenvalue weighted by Gasteiger charge is 2.29. The number of benzene rings is 1. The molecule has 0 radical (unpaired) electrons. The third-order valence-electron chi connectivity index (χ3n) is 6.41. The van der Waals surface area contributed by atoms with Crippen LogP contribution in [0, 0.1) is 11.8 Å². The summed E-state index contributed by atoms with van der Waals surface area (Å²) in [6.07, 6.45) is 3.38. The number of carbonyl (C=O) groups excluding carboxylic acids is 4. The highest BCUT2D eigenvalue weighted by atomic mass is 16.4. The van der Waals surface area contributed by atoms with Crippen LogP contribution in [0.3, 0.4) is 0 Å². The summed E-state index contributed by atoms with van der Waals surface area (Å²) in [5.41, 5.74) is 0.705. The molecule has 9 heteroatoms. The van der Waals surface area contributed by atoms with Crippen LogP contribution in [0.15, 0.2) is 48.7 Å². The fraction of sp³-hybridized carbons (Fsp3) is 0.429. The number of hydrogen-bond donors (Lipinski definition) is 3. The molecule has 0 aliphatic heterocycles. The van der Waals surface area contributed by atoms with Gasteiger partial charge in [-0.25, -0.2) is 0 Å². The van der Waals surface area contributed by atoms with Crippen molar-refractivity contribution in [3.63, 3.8) is 0 Å². The second-order valence-corrected chi connectivity index (χ2v) is 9.32. The number of fused-ring (bicyclic) bond motifs is 1. The van der Waals surface area contributed by atoms with Crippen LogP contribution in [0.25, 0.3) is 10.8 Å². The maximum absolute atomic E-state index is 13.2. The van der Waals surface area contributed by atoms with Crippen LogP contribution in [0.4, 0.5) is 0 Å². The summed E-state index contributed by atoms with van der Waals surface area (Å²) in [6.45, 7) is 9.21. The number of nitrogens with one attached hydrogen (secondary N) is 2. The average Bonchev–Trinajstić information content (AvgIpc) is 2.87. The highest BCUT2D eigenvalue weighted by molar-refractivity contribution is 6.06. The van der Waals surface area contributed by atoms with E-state index in [-0.39, 0.29) is 23.8 Å². The maximum Gasteiger partial charge on any atom is 0.305 e. The van der Waals surface area contributed by atoms with Crippen molar-refractivity contribution >= 4 is 40.6 Å². The number of aromatic nitrogens is 1. The van der Waals surface area contributed by atoms with Gasteiger partial charge in [-0.1, -0.05) is 56.7 Å². The van der Waals surface area contributed by atoms with Crippen molar-refractivity contribution in [2.45, 2.75) is 65.0 Å². The Balaban J connectivity index is 2.08. The average molecular weight is 510 g/mol. The Morgan fingerprint density at radius 3 is 2.43 bits per heavy atom. The van der Waals surface area contributed by atoms with E-state index >= 15 is 0 Å². The molecule has 1 heterocycles. The molecular formula is C28H35N3O6. The highest BCUT2D eigenvalue weighted by Crippen LogP contribution is 2.25. The van der Waals surface area contributed by atoms with Crippen LogP contribution >= 0.6 is 0 Å². The number of ketones is 1. The molecule has 0 saturated heterocycles. The number of carboxylic acids is 1. The Morgan fingerprint density at radius 2 is 1.81 bits per heavy atom. The van der Waals surface area contributed by atoms with E-state index in [0.29, 0.717) is 30.1 Å². The van der Waals surface area contributed by atoms with Crippen molar-refractivity contribution in [2.24, 2.45) is 11.8 Å². The third kappa shape index (κ3) is 8.34. The number of amides is 2. The lowest BCUT2D eigenvalue weighted by Crippen LogP contribution is -2.43. The second-order valence-electron chi connectivity index (χ2n) is 9.32. The van der Waals surface area contributed by atoms with Crippen molar-refractivity contribution in [1.82, 2.24) is 15.6 Å². The van der Waals surface area contributed by atoms with Crippen LogP contribution < -0.4 is 10.6 Å². The zero-order valence-electron chi connectivity index (χ0n) is 21.5. The number of hydrogen-bond acceptors (Lipinski definition) is 6. The summed E-state index contributed by atoms with van der Waals surface area (Å²) in [5, 5.41) is 15.7. The fourth-order valence-electron chi connectivity index (χ4n) is 4.32. The molecule has 0 aliphatic rings. The molecule has 1 aromatic carbocycles. The number of carbonyl (C=O) groups is 5. The summed E-state index contributed by atoms with van der Waals surface area (Å²) in [6, 6.07) is 7.13. The standard InChI is InChI=1S/C28H35N3O6/c1-5-8-19(18(4)27(36)30-21(16-32)15-24(34)35)11-12-23(33)25(17(2)3)31-28(37)26-22-10-7-6-9-20(22)13-14-29-26/h6-7,9-10,13-14,16,18-19,21,25H,2,5,8,11-12,15H2,1,3-4H3,(H,30,36)(H,31,37)(H,34,35). The number of Topliss-reactive ketones (excluding diaryl/α,β-unsaturated/α-hetero) is 1. The first-order valence-corrected chi connectivity index (χ1v) is 12.4. The van der Waals surface area contributed by atoms with E-state index in [1.165, 1.54) is 0 Å². The summed E-state index contributed by atoms with van der Waals surface area (Å²) < 4.78 is 0. The Hall–Kier alpha value is -3.88. The Morgan fingerprint density at radius 1 is 1.11 bits per heavy atom. The molecule has 0 aliphatic carbocycles. The Kier molecular flexibility index (Phi) is 11.1. The predicted octanol–water partition coefficient (Wildman–Crippen LogP) is 3.47. The molecule has 3 N–H and O–H groups in total. The number of carboxylic acid groups (broad SMARTS) is 1. The molecule has 2 aromatic rings. The van der Waals surface area contributed by atoms with Gasteiger partial charge in [0.2, 0.25) is 5.91 Å². The molecule has 4 unspecified atom stereocenters. The molecule has 4 atom stereocenters. The van der Waals surface area contributed by atoms with Gasteiger partial charge in [0.25, 0.3) is 5.91 Å². The fourth-order valence-corrected chi connectivity index (χ4v) is 4.32. The number of rotatable bonds is 15. The van der Waals surface area contributed by atoms with Gasteiger partial charge < -0.3 is 20.5 Å². The number of nitrogens with zero attached hydrogens (tertiary/aromatic N) is 1. The minimum Gasteiger partial charge on any atom is -0.481 e. The number of aldehydes is 1. The van der Waals surface area contributed by atoms with Crippen molar-refractivity contribution in [2.75, 3.05) is 0 Å². The molecule has 0 spiro atoms. The van der Waals surface area contributed by atoms with Gasteiger partial charge in [0.1, 0.15) is 18.0 Å². The first-order chi connectivity index (χ1) is 17.6. The Bertz CT molecular complexity index is 1160. The second kappa shape index (κ2) is 14.0. The van der Waals surface area contributed by atoms with E-state index < -0.39 is 42.2 Å². The van der Waals surface area contributed by atoms with Gasteiger partial charge in [-0.15, -0.1) is 0 Å². The number of pyridine rings is 1. The molecule has 0 saturated carbocycles. The van der Waals surface area contributed by atoms with E-state index in [2.05, 4.69) is 22.2 Å². The van der Waals surface area contributed by atoms with Gasteiger partial charge in [0, 0.05) is 23.9 Å². The van der Waals surface area contributed by atoms with E-state index in [1.807, 2.05) is 25.1 Å². The summed E-state index contributed by atoms with van der Waals surface area (Å²) in [7, 11) is 0. The van der Waals surface area contributed by atoms with E-state index in [1.54, 1.807) is 32.2 Å². The van der Waals surface area contributed by atoms with Gasteiger partial charge in [-0.05, 0) is 37.1 Å². The van der Waals surface area contributed by atoms with Crippen molar-refractivity contribution in [1.29, 1.82) is 0 Å². The monoisotopic (exact) mass is 509 g/mol. The smallest absolute Gasteiger partial charge is 0.305 e. The maximum atomic E-state index is 13.2. The Labute approximate surface area is 216 Å². The van der Waals surface area contributed by atoms with Gasteiger partial charge in [-0.3, -0.25) is 24.2 Å². The lowest BCUT2D eigenvalue weighted by atomic mass is 9.84. The quantitative estimate of drug-likeness (QED) is 0.246. The molecule has 1 aromatic heterocycles. The normalized spacial score (nSPS) is 14.1. The van der Waals surface area contributed by atoms with Crippen LogP contribution in [0.5, 0.6) is 0 Å². The van der Waals surface area contributed by atoms with Crippen molar-refractivity contribution in [3.8, 4) is 0 Å². The van der Waals surface area contributed by atoms with E-state index in [4.69, 9.17) is 5.11 Å². The largest absolute Gasteiger partial charge is 0.481 e. The number of aliphatic carboxylic acids is 1. The molecule has 198 valence electrons. The van der Waals surface area contributed by atoms with Crippen LogP contribution in [0.2, 0.25) is 0 Å². The molecule has 2 amide bonds. The van der Waals surface area contributed by atoms with Crippen LogP contribution in [-0.2, 0) is 19.2 Å². The minimum absolute atomic E-state index is 0.106. The van der Waals surface area contributed by atoms with Crippen LogP contribution in [-0.4, -0.2) is 52.0 Å². The molecular weight excluding hydrogens is 474 g/mol. The first kappa shape index (κ1) is 29.4. The molecule has 2 rings (SSSR count). The zero-order valence-corrected chi connectivity index (χ0v) is 21.5. The molecule has 0 fully saturated rings. The van der Waals surface area contributed by atoms with Gasteiger partial charge in [0.15, 0.2) is 5.78 Å². The molecule has 0 bridgehead atoms. The summed E-state index contributed by atoms with van der Waals surface area (Å²) in [4.78, 5) is 65.1. The predicted molar refractivity (Wildman–Crippen MR) is 140 cm³/mol. The van der Waals surface area contributed by atoms with Gasteiger partial charge in [-0.2, -0.15) is 0 Å². The molecule has 37 heavy (non-hydrogen) atoms. The SMILES string of the molecule is C=C(C)C(NC(=O)c1nccc2ccccc12)C(=O)CCC(CCC)C(C)C(=O)NC(C=O)CC(=O)O. The van der Waals surface area contributed by atoms with Gasteiger partial charge in [0.05, 0.1) is 12.5 Å². The van der Waals surface area contributed by atoms with E-state index in [0.717, 1.165) is 11.8 Å². The molecule has 9 nitrogen and oxygen atoms in total. The minimum atomic E-state index is -1.19. The summed E-state index contributed by atoms with van der Waals surface area (Å²) >= 11 is 0. The van der Waals surface area contributed by atoms with Crippen molar-refractivity contribution < 1.29 is 29.1 Å². The van der Waals surface area contributed by atoms with Crippen molar-refractivity contribution in [3.05, 3.63) is 54.4 Å². The third-order valence-corrected chi connectivity index (χ3v) is 6.41. The summed E-state index contributed by atoms with van der Waals surface area (Å²) in [5.74, 6) is -3.04. The topological polar surface area (TPSA) is 143 Å². The zero-order chi connectivity index (χ0) is 27.5. The van der Waals surface area contributed by atoms with E-state index in [9.17, 15) is 24.0 Å². The van der Waals surface area contributed by atoms with Gasteiger partial charge >= 0.3 is 5.97 Å². The lowest BCUT2D eigenvalue weighted by Gasteiger charge is -2.25.